The Balaban J connectivity index is 2.54. The van der Waals surface area contributed by atoms with Gasteiger partial charge in [0, 0.05) is 12.3 Å². The smallest absolute Gasteiger partial charge is 0.165 e. The summed E-state index contributed by atoms with van der Waals surface area (Å²) < 4.78 is 41.2. The standard InChI is InChI=1S/C15H24FNO3S/c1-4-8-17-12(2)13-6-7-15(14(16)11-13)20-9-5-10-21(3,18)19/h6-7,11-12,17H,4-5,8-10H2,1-3H3. The Hall–Kier alpha value is -1.14. The van der Waals surface area contributed by atoms with Crippen LogP contribution in [0, 0.1) is 5.82 Å². The normalized spacial score (nSPS) is 13.1. The van der Waals surface area contributed by atoms with Gasteiger partial charge in [-0.25, -0.2) is 12.8 Å². The molecule has 6 heteroatoms. The second-order valence-corrected chi connectivity index (χ2v) is 7.46. The predicted octanol–water partition coefficient (Wildman–Crippen LogP) is 2.70. The highest BCUT2D eigenvalue weighted by Crippen LogP contribution is 2.22. The Labute approximate surface area is 126 Å². The van der Waals surface area contributed by atoms with E-state index in [1.165, 1.54) is 12.3 Å². The van der Waals surface area contributed by atoms with Crippen molar-refractivity contribution in [2.45, 2.75) is 32.7 Å². The first-order valence-corrected chi connectivity index (χ1v) is 9.23. The van der Waals surface area contributed by atoms with E-state index >= 15 is 0 Å². The molecule has 1 rings (SSSR count). The van der Waals surface area contributed by atoms with Gasteiger partial charge in [0.05, 0.1) is 12.4 Å². The van der Waals surface area contributed by atoms with Crippen molar-refractivity contribution in [1.82, 2.24) is 5.32 Å². The second-order valence-electron chi connectivity index (χ2n) is 5.20. The van der Waals surface area contributed by atoms with Gasteiger partial charge < -0.3 is 10.1 Å². The van der Waals surface area contributed by atoms with Crippen LogP contribution >= 0.6 is 0 Å². The molecule has 1 aromatic rings. The van der Waals surface area contributed by atoms with Gasteiger partial charge in [-0.2, -0.15) is 0 Å². The summed E-state index contributed by atoms with van der Waals surface area (Å²) >= 11 is 0. The number of nitrogens with one attached hydrogen (secondary N) is 1. The van der Waals surface area contributed by atoms with E-state index in [9.17, 15) is 12.8 Å². The van der Waals surface area contributed by atoms with E-state index in [2.05, 4.69) is 12.2 Å². The molecule has 0 aliphatic rings. The zero-order valence-corrected chi connectivity index (χ0v) is 13.7. The first-order valence-electron chi connectivity index (χ1n) is 7.17. The Morgan fingerprint density at radius 2 is 2.10 bits per heavy atom. The lowest BCUT2D eigenvalue weighted by Crippen LogP contribution is -2.19. The van der Waals surface area contributed by atoms with Crippen molar-refractivity contribution in [3.63, 3.8) is 0 Å². The van der Waals surface area contributed by atoms with Crippen molar-refractivity contribution < 1.29 is 17.5 Å². The Morgan fingerprint density at radius 1 is 1.38 bits per heavy atom. The number of halogens is 1. The molecular formula is C15H24FNO3S. The molecule has 0 amide bonds. The molecule has 0 saturated carbocycles. The summed E-state index contributed by atoms with van der Waals surface area (Å²) in [5.74, 6) is -0.211. The summed E-state index contributed by atoms with van der Waals surface area (Å²) in [4.78, 5) is 0. The molecule has 0 aliphatic heterocycles. The molecule has 1 unspecified atom stereocenters. The fourth-order valence-electron chi connectivity index (χ4n) is 1.89. The lowest BCUT2D eigenvalue weighted by atomic mass is 10.1. The van der Waals surface area contributed by atoms with Crippen molar-refractivity contribution in [1.29, 1.82) is 0 Å². The maximum atomic E-state index is 13.9. The third-order valence-corrected chi connectivity index (χ3v) is 4.10. The van der Waals surface area contributed by atoms with E-state index in [0.29, 0.717) is 6.42 Å². The molecule has 0 radical (unpaired) electrons. The molecular weight excluding hydrogens is 293 g/mol. The lowest BCUT2D eigenvalue weighted by molar-refractivity contribution is 0.301. The highest BCUT2D eigenvalue weighted by Gasteiger charge is 2.10. The average molecular weight is 317 g/mol. The molecule has 0 heterocycles. The number of sulfone groups is 1. The van der Waals surface area contributed by atoms with E-state index in [1.807, 2.05) is 13.0 Å². The van der Waals surface area contributed by atoms with E-state index in [-0.39, 0.29) is 24.2 Å². The van der Waals surface area contributed by atoms with Gasteiger partial charge in [0.2, 0.25) is 0 Å². The number of hydrogen-bond acceptors (Lipinski definition) is 4. The maximum absolute atomic E-state index is 13.9. The van der Waals surface area contributed by atoms with Crippen LogP contribution in [-0.4, -0.2) is 33.6 Å². The van der Waals surface area contributed by atoms with Crippen molar-refractivity contribution in [2.24, 2.45) is 0 Å². The van der Waals surface area contributed by atoms with Gasteiger partial charge in [0.25, 0.3) is 0 Å². The van der Waals surface area contributed by atoms with Crippen LogP contribution in [-0.2, 0) is 9.84 Å². The van der Waals surface area contributed by atoms with Gasteiger partial charge in [-0.3, -0.25) is 0 Å². The number of ether oxygens (including phenoxy) is 1. The van der Waals surface area contributed by atoms with Crippen LogP contribution in [0.15, 0.2) is 18.2 Å². The molecule has 120 valence electrons. The lowest BCUT2D eigenvalue weighted by Gasteiger charge is -2.15. The van der Waals surface area contributed by atoms with Crippen LogP contribution in [0.4, 0.5) is 4.39 Å². The summed E-state index contributed by atoms with van der Waals surface area (Å²) in [5, 5.41) is 3.29. The largest absolute Gasteiger partial charge is 0.490 e. The topological polar surface area (TPSA) is 55.4 Å². The third-order valence-electron chi connectivity index (χ3n) is 3.07. The third kappa shape index (κ3) is 6.91. The second kappa shape index (κ2) is 8.34. The van der Waals surface area contributed by atoms with Crippen molar-refractivity contribution >= 4 is 9.84 Å². The minimum Gasteiger partial charge on any atom is -0.490 e. The van der Waals surface area contributed by atoms with Gasteiger partial charge in [0.15, 0.2) is 11.6 Å². The average Bonchev–Trinajstić information content (AvgIpc) is 2.41. The molecule has 1 N–H and O–H groups in total. The van der Waals surface area contributed by atoms with Crippen LogP contribution in [0.1, 0.15) is 38.3 Å². The van der Waals surface area contributed by atoms with Crippen LogP contribution < -0.4 is 10.1 Å². The van der Waals surface area contributed by atoms with Crippen LogP contribution in [0.3, 0.4) is 0 Å². The Bertz CT molecular complexity index is 546. The first kappa shape index (κ1) is 17.9. The summed E-state index contributed by atoms with van der Waals surface area (Å²) in [6.07, 6.45) is 2.55. The van der Waals surface area contributed by atoms with E-state index in [4.69, 9.17) is 4.74 Å². The van der Waals surface area contributed by atoms with Gasteiger partial charge in [-0.1, -0.05) is 13.0 Å². The van der Waals surface area contributed by atoms with Crippen molar-refractivity contribution in [3.8, 4) is 5.75 Å². The minimum atomic E-state index is -3.00. The van der Waals surface area contributed by atoms with Crippen LogP contribution in [0.2, 0.25) is 0 Å². The molecule has 21 heavy (non-hydrogen) atoms. The summed E-state index contributed by atoms with van der Waals surface area (Å²) in [6.45, 7) is 5.13. The zero-order chi connectivity index (χ0) is 15.9. The molecule has 0 bridgehead atoms. The Morgan fingerprint density at radius 3 is 2.67 bits per heavy atom. The molecule has 1 atom stereocenters. The molecule has 0 aromatic heterocycles. The van der Waals surface area contributed by atoms with Gasteiger partial charge in [0.1, 0.15) is 9.84 Å². The Kier molecular flexibility index (Phi) is 7.11. The maximum Gasteiger partial charge on any atom is 0.165 e. The van der Waals surface area contributed by atoms with Gasteiger partial charge in [-0.15, -0.1) is 0 Å². The van der Waals surface area contributed by atoms with E-state index in [1.54, 1.807) is 6.07 Å². The molecule has 0 fully saturated rings. The number of benzene rings is 1. The summed E-state index contributed by atoms with van der Waals surface area (Å²) in [5.41, 5.74) is 0.865. The zero-order valence-electron chi connectivity index (χ0n) is 12.9. The summed E-state index contributed by atoms with van der Waals surface area (Å²) in [6, 6.07) is 4.95. The quantitative estimate of drug-likeness (QED) is 0.712. The molecule has 4 nitrogen and oxygen atoms in total. The van der Waals surface area contributed by atoms with E-state index < -0.39 is 15.7 Å². The summed E-state index contributed by atoms with van der Waals surface area (Å²) in [7, 11) is -3.00. The fraction of sp³-hybridized carbons (Fsp3) is 0.600. The minimum absolute atomic E-state index is 0.0463. The predicted molar refractivity (Wildman–Crippen MR) is 82.9 cm³/mol. The van der Waals surface area contributed by atoms with E-state index in [0.717, 1.165) is 18.5 Å². The van der Waals surface area contributed by atoms with Crippen molar-refractivity contribution in [2.75, 3.05) is 25.2 Å². The fourth-order valence-corrected chi connectivity index (χ4v) is 2.53. The van der Waals surface area contributed by atoms with Crippen LogP contribution in [0.5, 0.6) is 5.75 Å². The first-order chi connectivity index (χ1) is 9.83. The highest BCUT2D eigenvalue weighted by atomic mass is 32.2. The monoisotopic (exact) mass is 317 g/mol. The molecule has 0 saturated heterocycles. The highest BCUT2D eigenvalue weighted by molar-refractivity contribution is 7.90. The molecule has 1 aromatic carbocycles. The number of rotatable bonds is 9. The van der Waals surface area contributed by atoms with Gasteiger partial charge >= 0.3 is 0 Å². The SMILES string of the molecule is CCCNC(C)c1ccc(OCCCS(C)(=O)=O)c(F)c1. The van der Waals surface area contributed by atoms with Crippen LogP contribution in [0.25, 0.3) is 0 Å². The molecule has 0 spiro atoms. The number of hydrogen-bond donors (Lipinski definition) is 1. The molecule has 0 aliphatic carbocycles. The van der Waals surface area contributed by atoms with Gasteiger partial charge in [-0.05, 0) is 44.0 Å². The van der Waals surface area contributed by atoms with Crippen molar-refractivity contribution in [3.05, 3.63) is 29.6 Å².